The molecule has 9 heteroatoms. The summed E-state index contributed by atoms with van der Waals surface area (Å²) in [7, 11) is -1.97. The molecule has 1 heterocycles. The molecule has 2 N–H and O–H groups in total. The van der Waals surface area contributed by atoms with Gasteiger partial charge in [0, 0.05) is 32.3 Å². The number of rotatable bonds is 9. The quantitative estimate of drug-likeness (QED) is 0.651. The Balaban J connectivity index is 1.97. The van der Waals surface area contributed by atoms with Gasteiger partial charge in [-0.3, -0.25) is 9.59 Å². The minimum absolute atomic E-state index is 0.0665. The van der Waals surface area contributed by atoms with Crippen molar-refractivity contribution in [3.05, 3.63) is 24.3 Å². The van der Waals surface area contributed by atoms with E-state index in [4.69, 9.17) is 4.74 Å². The molecule has 1 saturated heterocycles. The minimum atomic E-state index is -3.54. The average Bonchev–Trinajstić information content (AvgIpc) is 3.03. The third kappa shape index (κ3) is 5.50. The molecule has 0 unspecified atom stereocenters. The average molecular weight is 397 g/mol. The number of methoxy groups -OCH3 is 1. The zero-order chi connectivity index (χ0) is 20.0. The van der Waals surface area contributed by atoms with Crippen LogP contribution in [0, 0.1) is 5.92 Å². The number of carbonyl (C=O) groups is 2. The molecular formula is C18H27N3O5S. The van der Waals surface area contributed by atoms with Crippen LogP contribution in [-0.2, 0) is 24.3 Å². The van der Waals surface area contributed by atoms with E-state index in [1.54, 1.807) is 24.1 Å². The van der Waals surface area contributed by atoms with Crippen LogP contribution in [0.5, 0.6) is 0 Å². The summed E-state index contributed by atoms with van der Waals surface area (Å²) in [6.07, 6.45) is 0.862. The Kier molecular flexibility index (Phi) is 7.34. The highest BCUT2D eigenvalue weighted by Crippen LogP contribution is 2.22. The lowest BCUT2D eigenvalue weighted by atomic mass is 10.1. The largest absolute Gasteiger partial charge is 0.383 e. The first kappa shape index (κ1) is 21.3. The van der Waals surface area contributed by atoms with Crippen molar-refractivity contribution in [3.63, 3.8) is 0 Å². The zero-order valence-electron chi connectivity index (χ0n) is 15.9. The highest BCUT2D eigenvalue weighted by atomic mass is 32.2. The second-order valence-corrected chi connectivity index (χ2v) is 8.43. The highest BCUT2D eigenvalue weighted by Gasteiger charge is 2.36. The second-order valence-electron chi connectivity index (χ2n) is 6.66. The van der Waals surface area contributed by atoms with E-state index in [1.165, 1.54) is 12.1 Å². The van der Waals surface area contributed by atoms with Crippen LogP contribution in [0.2, 0.25) is 0 Å². The monoisotopic (exact) mass is 397 g/mol. The summed E-state index contributed by atoms with van der Waals surface area (Å²) in [5.74, 6) is -0.759. The molecule has 0 spiro atoms. The van der Waals surface area contributed by atoms with E-state index in [9.17, 15) is 18.0 Å². The highest BCUT2D eigenvalue weighted by molar-refractivity contribution is 7.89. The summed E-state index contributed by atoms with van der Waals surface area (Å²) < 4.78 is 31.7. The van der Waals surface area contributed by atoms with E-state index in [-0.39, 0.29) is 29.2 Å². The molecule has 1 aliphatic rings. The Morgan fingerprint density at radius 2 is 2.00 bits per heavy atom. The van der Waals surface area contributed by atoms with E-state index in [1.807, 2.05) is 13.8 Å². The molecule has 2 amide bonds. The van der Waals surface area contributed by atoms with Crippen molar-refractivity contribution < 1.29 is 22.7 Å². The van der Waals surface area contributed by atoms with Crippen molar-refractivity contribution in [2.45, 2.75) is 37.6 Å². The fourth-order valence-corrected chi connectivity index (χ4v) is 4.08. The van der Waals surface area contributed by atoms with E-state index < -0.39 is 15.9 Å². The van der Waals surface area contributed by atoms with Gasteiger partial charge in [-0.1, -0.05) is 6.92 Å². The van der Waals surface area contributed by atoms with Gasteiger partial charge < -0.3 is 15.0 Å². The smallest absolute Gasteiger partial charge is 0.240 e. The number of hydrogen-bond acceptors (Lipinski definition) is 5. The van der Waals surface area contributed by atoms with Crippen LogP contribution >= 0.6 is 0 Å². The molecule has 1 aromatic carbocycles. The fourth-order valence-electron chi connectivity index (χ4n) is 2.95. The summed E-state index contributed by atoms with van der Waals surface area (Å²) in [5.41, 5.74) is 0.491. The van der Waals surface area contributed by atoms with Crippen LogP contribution in [0.15, 0.2) is 29.2 Å². The molecule has 27 heavy (non-hydrogen) atoms. The number of likely N-dealkylation sites (tertiary alicyclic amines) is 1. The molecule has 2 atom stereocenters. The van der Waals surface area contributed by atoms with Crippen LogP contribution in [-0.4, -0.2) is 58.0 Å². The Hall–Kier alpha value is -1.97. The molecule has 8 nitrogen and oxygen atoms in total. The van der Waals surface area contributed by atoms with E-state index >= 15 is 0 Å². The molecule has 1 aliphatic heterocycles. The fraction of sp³-hybridized carbons (Fsp3) is 0.556. The molecule has 0 aliphatic carbocycles. The second kappa shape index (κ2) is 9.29. The molecule has 0 saturated carbocycles. The Labute approximate surface area is 160 Å². The maximum atomic E-state index is 12.5. The molecule has 0 bridgehead atoms. The number of carbonyl (C=O) groups excluding carboxylic acids is 2. The lowest BCUT2D eigenvalue weighted by Crippen LogP contribution is -2.38. The van der Waals surface area contributed by atoms with Crippen LogP contribution in [0.1, 0.15) is 26.7 Å². The predicted octanol–water partition coefficient (Wildman–Crippen LogP) is 1.20. The number of amides is 2. The van der Waals surface area contributed by atoms with Crippen molar-refractivity contribution in [2.75, 3.05) is 32.1 Å². The van der Waals surface area contributed by atoms with E-state index in [0.29, 0.717) is 31.8 Å². The van der Waals surface area contributed by atoms with Gasteiger partial charge in [0.1, 0.15) is 0 Å². The summed E-state index contributed by atoms with van der Waals surface area (Å²) in [4.78, 5) is 26.4. The number of benzene rings is 1. The number of nitrogens with one attached hydrogen (secondary N) is 2. The van der Waals surface area contributed by atoms with Crippen LogP contribution < -0.4 is 10.0 Å². The number of hydrogen-bond donors (Lipinski definition) is 2. The lowest BCUT2D eigenvalue weighted by molar-refractivity contribution is -0.130. The van der Waals surface area contributed by atoms with Gasteiger partial charge in [-0.25, -0.2) is 13.1 Å². The minimum Gasteiger partial charge on any atom is -0.383 e. The van der Waals surface area contributed by atoms with Gasteiger partial charge in [0.2, 0.25) is 21.8 Å². The molecule has 0 aromatic heterocycles. The first-order valence-corrected chi connectivity index (χ1v) is 10.5. The number of ether oxygens (including phenoxy) is 1. The molecule has 1 fully saturated rings. The Bertz CT molecular complexity index is 764. The topological polar surface area (TPSA) is 105 Å². The van der Waals surface area contributed by atoms with Crippen molar-refractivity contribution in [3.8, 4) is 0 Å². The third-order valence-electron chi connectivity index (χ3n) is 4.44. The van der Waals surface area contributed by atoms with Gasteiger partial charge >= 0.3 is 0 Å². The first-order chi connectivity index (χ1) is 12.8. The van der Waals surface area contributed by atoms with Crippen molar-refractivity contribution in [1.82, 2.24) is 9.62 Å². The number of anilines is 1. The van der Waals surface area contributed by atoms with Crippen molar-refractivity contribution in [2.24, 2.45) is 5.92 Å². The van der Waals surface area contributed by atoms with Gasteiger partial charge in [-0.2, -0.15) is 0 Å². The van der Waals surface area contributed by atoms with Gasteiger partial charge in [-0.05, 0) is 37.6 Å². The van der Waals surface area contributed by atoms with E-state index in [2.05, 4.69) is 10.0 Å². The van der Waals surface area contributed by atoms with Crippen LogP contribution in [0.3, 0.4) is 0 Å². The molecule has 2 rings (SSSR count). The molecule has 0 radical (unpaired) electrons. The van der Waals surface area contributed by atoms with Gasteiger partial charge in [0.05, 0.1) is 23.5 Å². The SMILES string of the molecule is CCCNS(=O)(=O)c1ccc(NC(=O)[C@H]2CC(=O)N([C@H](C)COC)C2)cc1. The van der Waals surface area contributed by atoms with Gasteiger partial charge in [0.15, 0.2) is 0 Å². The van der Waals surface area contributed by atoms with Crippen molar-refractivity contribution in [1.29, 1.82) is 0 Å². The molecule has 1 aromatic rings. The summed E-state index contributed by atoms with van der Waals surface area (Å²) in [6, 6.07) is 5.89. The summed E-state index contributed by atoms with van der Waals surface area (Å²) >= 11 is 0. The first-order valence-electron chi connectivity index (χ1n) is 8.97. The zero-order valence-corrected chi connectivity index (χ0v) is 16.7. The van der Waals surface area contributed by atoms with Gasteiger partial charge in [-0.15, -0.1) is 0 Å². The summed E-state index contributed by atoms with van der Waals surface area (Å²) in [5, 5.41) is 2.75. The van der Waals surface area contributed by atoms with E-state index in [0.717, 1.165) is 0 Å². The van der Waals surface area contributed by atoms with Crippen molar-refractivity contribution >= 4 is 27.5 Å². The lowest BCUT2D eigenvalue weighted by Gasteiger charge is -2.23. The van der Waals surface area contributed by atoms with Crippen LogP contribution in [0.25, 0.3) is 0 Å². The Morgan fingerprint density at radius 3 is 2.59 bits per heavy atom. The van der Waals surface area contributed by atoms with Crippen LogP contribution in [0.4, 0.5) is 5.69 Å². The maximum Gasteiger partial charge on any atom is 0.240 e. The number of sulfonamides is 1. The standard InChI is InChI=1S/C18H27N3O5S/c1-4-9-19-27(24,25)16-7-5-15(6-8-16)20-18(23)14-10-17(22)21(11-14)13(2)12-26-3/h5-8,13-14,19H,4,9-12H2,1-3H3,(H,20,23)/t13-,14+/m1/s1. The predicted molar refractivity (Wildman–Crippen MR) is 102 cm³/mol. The third-order valence-corrected chi connectivity index (χ3v) is 5.92. The van der Waals surface area contributed by atoms with Gasteiger partial charge in [0.25, 0.3) is 0 Å². The normalized spacial score (nSPS) is 18.6. The number of nitrogens with zero attached hydrogens (tertiary/aromatic N) is 1. The Morgan fingerprint density at radius 1 is 1.33 bits per heavy atom. The molecular weight excluding hydrogens is 370 g/mol. The maximum absolute atomic E-state index is 12.5. The summed E-state index contributed by atoms with van der Waals surface area (Å²) in [6.45, 7) is 4.90. The molecule has 150 valence electrons.